The molecule has 0 bridgehead atoms. The van der Waals surface area contributed by atoms with Crippen molar-refractivity contribution in [1.82, 2.24) is 9.78 Å². The molecule has 1 heterocycles. The van der Waals surface area contributed by atoms with Gasteiger partial charge < -0.3 is 0 Å². The molecule has 3 nitrogen and oxygen atoms in total. The van der Waals surface area contributed by atoms with Crippen molar-refractivity contribution in [2.45, 2.75) is 26.1 Å². The van der Waals surface area contributed by atoms with Crippen molar-refractivity contribution in [2.75, 3.05) is 0 Å². The van der Waals surface area contributed by atoms with Crippen LogP contribution in [0.2, 0.25) is 0 Å². The predicted octanol–water partition coefficient (Wildman–Crippen LogP) is 2.04. The van der Waals surface area contributed by atoms with Gasteiger partial charge in [0.1, 0.15) is 5.69 Å². The number of alkyl halides is 3. The largest absolute Gasteiger partial charge is 0.390 e. The molecule has 1 rings (SSSR count). The van der Waals surface area contributed by atoms with Crippen LogP contribution in [0.3, 0.4) is 0 Å². The van der Waals surface area contributed by atoms with Gasteiger partial charge in [0.25, 0.3) is 0 Å². The molecule has 0 aliphatic heterocycles. The third kappa shape index (κ3) is 2.86. The van der Waals surface area contributed by atoms with Crippen molar-refractivity contribution in [3.05, 3.63) is 18.0 Å². The van der Waals surface area contributed by atoms with E-state index in [0.29, 0.717) is 0 Å². The van der Waals surface area contributed by atoms with Gasteiger partial charge in [-0.05, 0) is 6.07 Å². The number of ketones is 1. The van der Waals surface area contributed by atoms with Gasteiger partial charge in [0, 0.05) is 13.1 Å². The maximum Gasteiger partial charge on any atom is 0.390 e. The number of aromatic nitrogens is 2. The van der Waals surface area contributed by atoms with Crippen LogP contribution < -0.4 is 0 Å². The Balaban J connectivity index is 2.68. The van der Waals surface area contributed by atoms with Gasteiger partial charge >= 0.3 is 6.18 Å². The molecule has 0 saturated heterocycles. The fourth-order valence-corrected chi connectivity index (χ4v) is 1.04. The van der Waals surface area contributed by atoms with Gasteiger partial charge in [-0.15, -0.1) is 0 Å². The summed E-state index contributed by atoms with van der Waals surface area (Å²) in [5.41, 5.74) is 0.203. The molecule has 0 aliphatic rings. The molecule has 0 aromatic carbocycles. The lowest BCUT2D eigenvalue weighted by atomic mass is 10.3. The summed E-state index contributed by atoms with van der Waals surface area (Å²) in [7, 11) is 0. The lowest BCUT2D eigenvalue weighted by molar-refractivity contribution is -0.137. The quantitative estimate of drug-likeness (QED) is 0.709. The molecule has 1 aromatic heterocycles. The van der Waals surface area contributed by atoms with Gasteiger partial charge in [0.2, 0.25) is 0 Å². The van der Waals surface area contributed by atoms with Crippen molar-refractivity contribution < 1.29 is 18.0 Å². The van der Waals surface area contributed by atoms with Crippen LogP contribution in [0.25, 0.3) is 0 Å². The smallest absolute Gasteiger partial charge is 0.293 e. The minimum absolute atomic E-state index is 0.203. The Kier molecular flexibility index (Phi) is 2.93. The number of Topliss-reactive ketones (excluding diaryl/α,β-unsaturated/α-hetero) is 1. The molecule has 0 aliphatic carbocycles. The van der Waals surface area contributed by atoms with Gasteiger partial charge in [0.15, 0.2) is 5.78 Å². The second-order valence-corrected chi connectivity index (χ2v) is 2.86. The number of carbonyl (C=O) groups excluding carboxylic acids is 1. The van der Waals surface area contributed by atoms with E-state index in [-0.39, 0.29) is 18.0 Å². The zero-order chi connectivity index (χ0) is 10.8. The molecular formula is C8H9F3N2O. The highest BCUT2D eigenvalue weighted by atomic mass is 19.4. The number of nitrogens with zero attached hydrogens (tertiary/aromatic N) is 2. The second-order valence-electron chi connectivity index (χ2n) is 2.86. The summed E-state index contributed by atoms with van der Waals surface area (Å²) in [6.07, 6.45) is -3.89. The minimum atomic E-state index is -4.22. The maximum atomic E-state index is 11.9. The summed E-state index contributed by atoms with van der Waals surface area (Å²) in [5, 5.41) is 3.64. The van der Waals surface area contributed by atoms with Gasteiger partial charge in [0.05, 0.1) is 13.0 Å². The molecule has 0 N–H and O–H groups in total. The van der Waals surface area contributed by atoms with Crippen molar-refractivity contribution in [2.24, 2.45) is 0 Å². The molecule has 0 unspecified atom stereocenters. The maximum absolute atomic E-state index is 11.9. The van der Waals surface area contributed by atoms with E-state index in [1.807, 2.05) is 0 Å². The molecule has 0 saturated carbocycles. The average molecular weight is 206 g/mol. The third-order valence-electron chi connectivity index (χ3n) is 1.68. The van der Waals surface area contributed by atoms with E-state index in [0.717, 1.165) is 4.68 Å². The van der Waals surface area contributed by atoms with Crippen LogP contribution in [0, 0.1) is 0 Å². The van der Waals surface area contributed by atoms with Crippen molar-refractivity contribution in [3.63, 3.8) is 0 Å². The van der Waals surface area contributed by atoms with Crippen LogP contribution in [-0.4, -0.2) is 21.7 Å². The molecule has 0 radical (unpaired) electrons. The Morgan fingerprint density at radius 3 is 2.71 bits per heavy atom. The van der Waals surface area contributed by atoms with Gasteiger partial charge in [-0.2, -0.15) is 18.3 Å². The normalized spacial score (nSPS) is 11.7. The highest BCUT2D eigenvalue weighted by Crippen LogP contribution is 2.20. The van der Waals surface area contributed by atoms with E-state index in [1.54, 1.807) is 0 Å². The number of hydrogen-bond acceptors (Lipinski definition) is 2. The van der Waals surface area contributed by atoms with E-state index in [4.69, 9.17) is 0 Å². The van der Waals surface area contributed by atoms with E-state index >= 15 is 0 Å². The molecule has 1 aromatic rings. The molecule has 14 heavy (non-hydrogen) atoms. The summed E-state index contributed by atoms with van der Waals surface area (Å²) in [5.74, 6) is -0.287. The van der Waals surface area contributed by atoms with Crippen LogP contribution >= 0.6 is 0 Å². The van der Waals surface area contributed by atoms with Crippen molar-refractivity contribution >= 4 is 5.78 Å². The predicted molar refractivity (Wildman–Crippen MR) is 42.9 cm³/mol. The summed E-state index contributed by atoms with van der Waals surface area (Å²) in [4.78, 5) is 10.9. The monoisotopic (exact) mass is 206 g/mol. The van der Waals surface area contributed by atoms with E-state index in [2.05, 4.69) is 5.10 Å². The van der Waals surface area contributed by atoms with E-state index in [1.165, 1.54) is 19.2 Å². The zero-order valence-corrected chi connectivity index (χ0v) is 7.51. The van der Waals surface area contributed by atoms with Crippen molar-refractivity contribution in [3.8, 4) is 0 Å². The van der Waals surface area contributed by atoms with Gasteiger partial charge in [-0.1, -0.05) is 0 Å². The fraction of sp³-hybridized carbons (Fsp3) is 0.500. The Hall–Kier alpha value is -1.33. The first-order valence-electron chi connectivity index (χ1n) is 3.99. The van der Waals surface area contributed by atoms with Crippen LogP contribution in [-0.2, 0) is 6.54 Å². The Labute approximate surface area is 78.5 Å². The molecule has 78 valence electrons. The minimum Gasteiger partial charge on any atom is -0.293 e. The van der Waals surface area contributed by atoms with Gasteiger partial charge in [-0.3, -0.25) is 9.48 Å². The highest BCUT2D eigenvalue weighted by Gasteiger charge is 2.27. The fourth-order valence-electron chi connectivity index (χ4n) is 1.04. The number of hydrogen-bond donors (Lipinski definition) is 0. The zero-order valence-electron chi connectivity index (χ0n) is 7.51. The molecule has 0 atom stereocenters. The number of carbonyl (C=O) groups is 1. The third-order valence-corrected chi connectivity index (χ3v) is 1.68. The lowest BCUT2D eigenvalue weighted by Crippen LogP contribution is -2.15. The SMILES string of the molecule is CC(=O)c1ccnn1CCC(F)(F)F. The van der Waals surface area contributed by atoms with Crippen LogP contribution in [0.15, 0.2) is 12.3 Å². The lowest BCUT2D eigenvalue weighted by Gasteiger charge is -2.07. The van der Waals surface area contributed by atoms with Gasteiger partial charge in [-0.25, -0.2) is 0 Å². The Morgan fingerprint density at radius 2 is 2.21 bits per heavy atom. The first-order chi connectivity index (χ1) is 6.40. The van der Waals surface area contributed by atoms with E-state index < -0.39 is 12.6 Å². The average Bonchev–Trinajstić information content (AvgIpc) is 2.46. The molecule has 0 spiro atoms. The van der Waals surface area contributed by atoms with Crippen LogP contribution in [0.4, 0.5) is 13.2 Å². The summed E-state index contributed by atoms with van der Waals surface area (Å²) < 4.78 is 36.6. The Bertz CT molecular complexity index is 330. The summed E-state index contributed by atoms with van der Waals surface area (Å²) >= 11 is 0. The molecular weight excluding hydrogens is 197 g/mol. The molecule has 6 heteroatoms. The summed E-state index contributed by atoms with van der Waals surface area (Å²) in [6, 6.07) is 1.40. The van der Waals surface area contributed by atoms with E-state index in [9.17, 15) is 18.0 Å². The molecule has 0 fully saturated rings. The number of aryl methyl sites for hydroxylation is 1. The Morgan fingerprint density at radius 1 is 1.57 bits per heavy atom. The molecule has 0 amide bonds. The topological polar surface area (TPSA) is 34.9 Å². The van der Waals surface area contributed by atoms with Crippen LogP contribution in [0.5, 0.6) is 0 Å². The van der Waals surface area contributed by atoms with Crippen molar-refractivity contribution in [1.29, 1.82) is 0 Å². The number of halogens is 3. The first-order valence-corrected chi connectivity index (χ1v) is 3.99. The van der Waals surface area contributed by atoms with Crippen LogP contribution in [0.1, 0.15) is 23.8 Å². The summed E-state index contributed by atoms with van der Waals surface area (Å²) in [6.45, 7) is 0.979. The highest BCUT2D eigenvalue weighted by molar-refractivity contribution is 5.92. The second kappa shape index (κ2) is 3.81. The number of rotatable bonds is 3. The standard InChI is InChI=1S/C8H9F3N2O/c1-6(14)7-2-4-12-13(7)5-3-8(9,10)11/h2,4H,3,5H2,1H3. The first kappa shape index (κ1) is 10.7.